The number of carbonyl (C=O) groups is 1. The third-order valence-corrected chi connectivity index (χ3v) is 4.69. The number of nitrogens with one attached hydrogen (secondary N) is 1. The fourth-order valence-electron chi connectivity index (χ4n) is 2.02. The molecule has 0 aliphatic heterocycles. The first-order valence-corrected chi connectivity index (χ1v) is 8.19. The number of aliphatic carboxylic acids is 1. The molecule has 6 nitrogen and oxygen atoms in total. The zero-order valence-electron chi connectivity index (χ0n) is 12.4. The van der Waals surface area contributed by atoms with E-state index >= 15 is 0 Å². The van der Waals surface area contributed by atoms with Gasteiger partial charge in [0.1, 0.15) is 11.8 Å². The molecule has 1 aromatic carbocycles. The molecule has 0 amide bonds. The molecule has 1 aromatic rings. The smallest absolute Gasteiger partial charge is 0.322 e. The average molecular weight is 315 g/mol. The van der Waals surface area contributed by atoms with Crippen LogP contribution in [0.15, 0.2) is 29.2 Å². The Hall–Kier alpha value is -1.60. The molecule has 0 radical (unpaired) electrons. The number of hydrogen-bond donors (Lipinski definition) is 2. The van der Waals surface area contributed by atoms with Gasteiger partial charge in [0.2, 0.25) is 10.0 Å². The largest absolute Gasteiger partial charge is 0.497 e. The summed E-state index contributed by atoms with van der Waals surface area (Å²) in [5, 5.41) is 9.22. The van der Waals surface area contributed by atoms with Crippen molar-refractivity contribution in [2.75, 3.05) is 7.11 Å². The van der Waals surface area contributed by atoms with Crippen LogP contribution in [0.1, 0.15) is 26.7 Å². The second-order valence-electron chi connectivity index (χ2n) is 4.88. The zero-order chi connectivity index (χ0) is 16.0. The summed E-state index contributed by atoms with van der Waals surface area (Å²) in [7, 11) is -2.40. The van der Waals surface area contributed by atoms with Gasteiger partial charge in [-0.1, -0.05) is 20.3 Å². The van der Waals surface area contributed by atoms with E-state index in [0.717, 1.165) is 6.42 Å². The van der Waals surface area contributed by atoms with Gasteiger partial charge in [-0.3, -0.25) is 4.79 Å². The van der Waals surface area contributed by atoms with Crippen molar-refractivity contribution in [1.29, 1.82) is 0 Å². The van der Waals surface area contributed by atoms with E-state index in [9.17, 15) is 18.3 Å². The first kappa shape index (κ1) is 17.5. The van der Waals surface area contributed by atoms with E-state index in [1.165, 1.54) is 31.4 Å². The highest BCUT2D eigenvalue weighted by Gasteiger charge is 2.29. The van der Waals surface area contributed by atoms with Crippen molar-refractivity contribution < 1.29 is 23.1 Å². The van der Waals surface area contributed by atoms with Gasteiger partial charge in [-0.25, -0.2) is 8.42 Å². The van der Waals surface area contributed by atoms with Crippen LogP contribution in [0.3, 0.4) is 0 Å². The van der Waals surface area contributed by atoms with Gasteiger partial charge in [0.25, 0.3) is 0 Å². The highest BCUT2D eigenvalue weighted by Crippen LogP contribution is 2.18. The first-order valence-electron chi connectivity index (χ1n) is 6.71. The van der Waals surface area contributed by atoms with Crippen LogP contribution in [0.5, 0.6) is 5.75 Å². The van der Waals surface area contributed by atoms with Gasteiger partial charge in [-0.15, -0.1) is 0 Å². The topological polar surface area (TPSA) is 92.7 Å². The molecule has 0 saturated carbocycles. The summed E-state index contributed by atoms with van der Waals surface area (Å²) in [4.78, 5) is 11.3. The van der Waals surface area contributed by atoms with E-state index in [2.05, 4.69) is 4.72 Å². The van der Waals surface area contributed by atoms with Gasteiger partial charge in [0.15, 0.2) is 0 Å². The van der Waals surface area contributed by atoms with E-state index in [-0.39, 0.29) is 10.8 Å². The Morgan fingerprint density at radius 2 is 1.90 bits per heavy atom. The SMILES string of the molecule is CCCC(C)C(NS(=O)(=O)c1ccc(OC)cc1)C(=O)O. The number of ether oxygens (including phenoxy) is 1. The maximum Gasteiger partial charge on any atom is 0.322 e. The predicted molar refractivity (Wildman–Crippen MR) is 78.8 cm³/mol. The van der Waals surface area contributed by atoms with Crippen LogP contribution in [0.2, 0.25) is 0 Å². The van der Waals surface area contributed by atoms with Crippen molar-refractivity contribution in [2.24, 2.45) is 5.92 Å². The lowest BCUT2D eigenvalue weighted by Crippen LogP contribution is -2.45. The molecule has 0 heterocycles. The molecule has 2 atom stereocenters. The number of benzene rings is 1. The van der Waals surface area contributed by atoms with Gasteiger partial charge in [0.05, 0.1) is 12.0 Å². The lowest BCUT2D eigenvalue weighted by Gasteiger charge is -2.21. The number of hydrogen-bond acceptors (Lipinski definition) is 4. The van der Waals surface area contributed by atoms with E-state index < -0.39 is 22.0 Å². The Morgan fingerprint density at radius 1 is 1.33 bits per heavy atom. The van der Waals surface area contributed by atoms with Gasteiger partial charge in [-0.2, -0.15) is 4.72 Å². The Bertz CT molecular complexity index is 568. The van der Waals surface area contributed by atoms with Gasteiger partial charge >= 0.3 is 5.97 Å². The van der Waals surface area contributed by atoms with E-state index in [0.29, 0.717) is 12.2 Å². The fourth-order valence-corrected chi connectivity index (χ4v) is 3.32. The molecule has 7 heteroatoms. The van der Waals surface area contributed by atoms with Gasteiger partial charge in [-0.05, 0) is 36.6 Å². The van der Waals surface area contributed by atoms with Crippen LogP contribution in [0.25, 0.3) is 0 Å². The van der Waals surface area contributed by atoms with Crippen LogP contribution >= 0.6 is 0 Å². The molecule has 2 unspecified atom stereocenters. The van der Waals surface area contributed by atoms with Crippen LogP contribution in [-0.4, -0.2) is 32.6 Å². The summed E-state index contributed by atoms with van der Waals surface area (Å²) in [6, 6.07) is 4.64. The standard InChI is InChI=1S/C14H21NO5S/c1-4-5-10(2)13(14(16)17)15-21(18,19)12-8-6-11(20-3)7-9-12/h6-10,13,15H,4-5H2,1-3H3,(H,16,17). The summed E-state index contributed by atoms with van der Waals surface area (Å²) in [6.45, 7) is 3.65. The molecular weight excluding hydrogens is 294 g/mol. The van der Waals surface area contributed by atoms with E-state index in [4.69, 9.17) is 4.74 Å². The number of sulfonamides is 1. The van der Waals surface area contributed by atoms with Crippen molar-refractivity contribution in [3.05, 3.63) is 24.3 Å². The molecule has 0 aromatic heterocycles. The molecule has 21 heavy (non-hydrogen) atoms. The molecule has 0 spiro atoms. The third-order valence-electron chi connectivity index (χ3n) is 3.23. The Morgan fingerprint density at radius 3 is 2.33 bits per heavy atom. The molecule has 0 aliphatic carbocycles. The minimum Gasteiger partial charge on any atom is -0.497 e. The van der Waals surface area contributed by atoms with Crippen molar-refractivity contribution in [3.8, 4) is 5.75 Å². The third kappa shape index (κ3) is 4.71. The maximum atomic E-state index is 12.2. The Kier molecular flexibility index (Phi) is 6.17. The molecule has 118 valence electrons. The summed E-state index contributed by atoms with van der Waals surface area (Å²) in [5.74, 6) is -0.934. The Labute approximate surface area is 125 Å². The number of carboxylic acid groups (broad SMARTS) is 1. The Balaban J connectivity index is 2.97. The van der Waals surface area contributed by atoms with Crippen LogP contribution in [0, 0.1) is 5.92 Å². The molecule has 1 rings (SSSR count). The summed E-state index contributed by atoms with van der Waals surface area (Å²) in [5.41, 5.74) is 0. The minimum absolute atomic E-state index is 0.0123. The van der Waals surface area contributed by atoms with Crippen LogP contribution in [-0.2, 0) is 14.8 Å². The van der Waals surface area contributed by atoms with Crippen LogP contribution < -0.4 is 9.46 Å². The molecular formula is C14H21NO5S. The predicted octanol–water partition coefficient (Wildman–Crippen LogP) is 1.86. The molecule has 0 fully saturated rings. The van der Waals surface area contributed by atoms with E-state index in [1.807, 2.05) is 6.92 Å². The number of methoxy groups -OCH3 is 1. The van der Waals surface area contributed by atoms with E-state index in [1.54, 1.807) is 6.92 Å². The monoisotopic (exact) mass is 315 g/mol. The van der Waals surface area contributed by atoms with Gasteiger partial charge < -0.3 is 9.84 Å². The van der Waals surface area contributed by atoms with Crippen molar-refractivity contribution in [3.63, 3.8) is 0 Å². The zero-order valence-corrected chi connectivity index (χ0v) is 13.2. The second kappa shape index (κ2) is 7.42. The first-order chi connectivity index (χ1) is 9.81. The van der Waals surface area contributed by atoms with Crippen molar-refractivity contribution in [2.45, 2.75) is 37.6 Å². The van der Waals surface area contributed by atoms with Gasteiger partial charge in [0, 0.05) is 0 Å². The molecule has 2 N–H and O–H groups in total. The molecule has 0 bridgehead atoms. The molecule has 0 aliphatic rings. The highest BCUT2D eigenvalue weighted by molar-refractivity contribution is 7.89. The van der Waals surface area contributed by atoms with Crippen molar-refractivity contribution in [1.82, 2.24) is 4.72 Å². The summed E-state index contributed by atoms with van der Waals surface area (Å²) >= 11 is 0. The summed E-state index contributed by atoms with van der Waals surface area (Å²) < 4.78 is 31.7. The summed E-state index contributed by atoms with van der Waals surface area (Å²) in [6.07, 6.45) is 1.41. The highest BCUT2D eigenvalue weighted by atomic mass is 32.2. The maximum absolute atomic E-state index is 12.2. The minimum atomic E-state index is -3.88. The quantitative estimate of drug-likeness (QED) is 0.764. The molecule has 0 saturated heterocycles. The fraction of sp³-hybridized carbons (Fsp3) is 0.500. The average Bonchev–Trinajstić information content (AvgIpc) is 2.45. The lowest BCUT2D eigenvalue weighted by atomic mass is 9.98. The number of rotatable bonds is 8. The second-order valence-corrected chi connectivity index (χ2v) is 6.59. The lowest BCUT2D eigenvalue weighted by molar-refractivity contribution is -0.140. The normalized spacial score (nSPS) is 14.4. The number of carboxylic acids is 1. The van der Waals surface area contributed by atoms with Crippen molar-refractivity contribution >= 4 is 16.0 Å². The van der Waals surface area contributed by atoms with Crippen LogP contribution in [0.4, 0.5) is 0 Å².